The maximum Gasteiger partial charge on any atom is 0.343 e. The summed E-state index contributed by atoms with van der Waals surface area (Å²) in [4.78, 5) is 16.2. The van der Waals surface area contributed by atoms with Crippen molar-refractivity contribution in [2.75, 3.05) is 31.5 Å². The van der Waals surface area contributed by atoms with Gasteiger partial charge in [-0.25, -0.2) is 0 Å². The van der Waals surface area contributed by atoms with Crippen molar-refractivity contribution in [2.45, 2.75) is 38.5 Å². The van der Waals surface area contributed by atoms with Gasteiger partial charge in [0.25, 0.3) is 0 Å². The van der Waals surface area contributed by atoms with Gasteiger partial charge >= 0.3 is 5.70 Å². The number of rotatable bonds is 5. The molecule has 0 spiro atoms. The Labute approximate surface area is 160 Å². The molecule has 140 valence electrons. The molecule has 0 saturated carbocycles. The summed E-state index contributed by atoms with van der Waals surface area (Å²) in [5, 5.41) is 15.1. The summed E-state index contributed by atoms with van der Waals surface area (Å²) in [5.74, 6) is 0.711. The number of hydrogen-bond acceptors (Lipinski definition) is 5. The number of likely N-dealkylation sites (tertiary alicyclic amines) is 2. The topological polar surface area (TPSA) is 61.7 Å². The molecule has 3 rings (SSSR count). The molecular weight excluding hydrogens is 348 g/mol. The first-order valence-electron chi connectivity index (χ1n) is 9.42. The molecule has 2 aliphatic rings. The summed E-state index contributed by atoms with van der Waals surface area (Å²) in [7, 11) is 0. The lowest BCUT2D eigenvalue weighted by atomic mass is 10.1. The van der Waals surface area contributed by atoms with Crippen molar-refractivity contribution in [1.29, 1.82) is 0 Å². The van der Waals surface area contributed by atoms with Crippen LogP contribution in [0.1, 0.15) is 38.5 Å². The van der Waals surface area contributed by atoms with E-state index in [9.17, 15) is 10.1 Å². The summed E-state index contributed by atoms with van der Waals surface area (Å²) in [6.07, 6.45) is 6.65. The Morgan fingerprint density at radius 2 is 1.42 bits per heavy atom. The number of nitrogens with one attached hydrogen (secondary N) is 1. The fourth-order valence-corrected chi connectivity index (χ4v) is 3.97. The van der Waals surface area contributed by atoms with Crippen LogP contribution in [0.3, 0.4) is 0 Å². The van der Waals surface area contributed by atoms with Crippen molar-refractivity contribution in [3.05, 3.63) is 52.0 Å². The zero-order valence-corrected chi connectivity index (χ0v) is 15.8. The Balaban J connectivity index is 1.95. The van der Waals surface area contributed by atoms with Gasteiger partial charge in [0, 0.05) is 31.9 Å². The van der Waals surface area contributed by atoms with Crippen molar-refractivity contribution >= 4 is 22.9 Å². The van der Waals surface area contributed by atoms with Gasteiger partial charge in [0.05, 0.1) is 4.92 Å². The SMILES string of the molecule is O=[N+]([O-])C(C(=S)Nc1ccccc1)=C(N1CCCCC1)N1CCCCC1. The van der Waals surface area contributed by atoms with E-state index in [2.05, 4.69) is 15.1 Å². The first-order chi connectivity index (χ1) is 12.7. The number of anilines is 1. The summed E-state index contributed by atoms with van der Waals surface area (Å²) in [5.41, 5.74) is 0.807. The molecule has 7 heteroatoms. The molecule has 0 unspecified atom stereocenters. The van der Waals surface area contributed by atoms with E-state index in [0.29, 0.717) is 5.82 Å². The first-order valence-corrected chi connectivity index (χ1v) is 9.82. The van der Waals surface area contributed by atoms with E-state index >= 15 is 0 Å². The van der Waals surface area contributed by atoms with Crippen molar-refractivity contribution < 1.29 is 4.92 Å². The molecule has 0 bridgehead atoms. The molecule has 1 aromatic carbocycles. The highest BCUT2D eigenvalue weighted by Crippen LogP contribution is 2.26. The fourth-order valence-electron chi connectivity index (χ4n) is 3.69. The number of benzene rings is 1. The molecule has 1 aromatic rings. The minimum absolute atomic E-state index is 0.0349. The van der Waals surface area contributed by atoms with Gasteiger partial charge in [-0.3, -0.25) is 10.1 Å². The van der Waals surface area contributed by atoms with Gasteiger partial charge < -0.3 is 15.1 Å². The smallest absolute Gasteiger partial charge is 0.343 e. The third-order valence-electron chi connectivity index (χ3n) is 4.95. The Bertz CT molecular complexity index is 645. The second-order valence-electron chi connectivity index (χ2n) is 6.84. The van der Waals surface area contributed by atoms with E-state index in [1.165, 1.54) is 12.8 Å². The molecular formula is C19H26N4O2S. The molecule has 6 nitrogen and oxygen atoms in total. The molecule has 0 amide bonds. The molecule has 0 aliphatic carbocycles. The van der Waals surface area contributed by atoms with Crippen LogP contribution in [0.5, 0.6) is 0 Å². The molecule has 1 N–H and O–H groups in total. The number of thiocarbonyl (C=S) groups is 1. The quantitative estimate of drug-likeness (QED) is 0.366. The van der Waals surface area contributed by atoms with Crippen LogP contribution in [0, 0.1) is 10.1 Å². The normalized spacial score (nSPS) is 17.5. The Morgan fingerprint density at radius 1 is 0.923 bits per heavy atom. The van der Waals surface area contributed by atoms with Gasteiger partial charge in [-0.2, -0.15) is 0 Å². The van der Waals surface area contributed by atoms with Gasteiger partial charge in [-0.1, -0.05) is 30.4 Å². The summed E-state index contributed by atoms with van der Waals surface area (Å²) in [6, 6.07) is 9.41. The molecule has 2 aliphatic heterocycles. The summed E-state index contributed by atoms with van der Waals surface area (Å²) in [6.45, 7) is 3.43. The maximum atomic E-state index is 12.0. The van der Waals surface area contributed by atoms with Gasteiger partial charge in [0.1, 0.15) is 0 Å². The molecule has 0 atom stereocenters. The summed E-state index contributed by atoms with van der Waals surface area (Å²) < 4.78 is 0. The molecule has 0 radical (unpaired) electrons. The van der Waals surface area contributed by atoms with E-state index in [1.807, 2.05) is 30.3 Å². The lowest BCUT2D eigenvalue weighted by Gasteiger charge is -2.39. The number of piperidine rings is 2. The largest absolute Gasteiger partial charge is 0.352 e. The fraction of sp³-hybridized carbons (Fsp3) is 0.526. The minimum atomic E-state index is -0.309. The van der Waals surface area contributed by atoms with Crippen molar-refractivity contribution in [2.24, 2.45) is 0 Å². The Kier molecular flexibility index (Phi) is 6.44. The Hall–Kier alpha value is -2.15. The number of hydrogen-bond donors (Lipinski definition) is 1. The minimum Gasteiger partial charge on any atom is -0.352 e. The molecule has 2 saturated heterocycles. The van der Waals surface area contributed by atoms with Crippen molar-refractivity contribution in [1.82, 2.24) is 9.80 Å². The van der Waals surface area contributed by atoms with Gasteiger partial charge in [-0.05, 0) is 50.7 Å². The molecule has 26 heavy (non-hydrogen) atoms. The molecule has 0 aromatic heterocycles. The molecule has 2 fully saturated rings. The van der Waals surface area contributed by atoms with E-state index in [-0.39, 0.29) is 15.6 Å². The van der Waals surface area contributed by atoms with E-state index < -0.39 is 0 Å². The van der Waals surface area contributed by atoms with Gasteiger partial charge in [-0.15, -0.1) is 0 Å². The monoisotopic (exact) mass is 374 g/mol. The highest BCUT2D eigenvalue weighted by atomic mass is 32.1. The van der Waals surface area contributed by atoms with Crippen LogP contribution in [0.2, 0.25) is 0 Å². The second kappa shape index (κ2) is 8.98. The van der Waals surface area contributed by atoms with Gasteiger partial charge in [0.15, 0.2) is 10.8 Å². The van der Waals surface area contributed by atoms with Crippen LogP contribution < -0.4 is 5.32 Å². The first kappa shape index (κ1) is 18.6. The Morgan fingerprint density at radius 3 is 1.88 bits per heavy atom. The third kappa shape index (κ3) is 4.52. The standard InChI is InChI=1S/C19H26N4O2S/c24-23(25)17(18(26)20-16-10-4-1-5-11-16)19(21-12-6-2-7-13-21)22-14-8-3-9-15-22/h1,4-5,10-11H,2-3,6-9,12-15H2,(H,20,26). The zero-order chi connectivity index (χ0) is 18.4. The van der Waals surface area contributed by atoms with Crippen LogP contribution in [-0.4, -0.2) is 45.9 Å². The average molecular weight is 375 g/mol. The van der Waals surface area contributed by atoms with Crippen LogP contribution in [0.25, 0.3) is 0 Å². The second-order valence-corrected chi connectivity index (χ2v) is 7.25. The van der Waals surface area contributed by atoms with Crippen LogP contribution in [-0.2, 0) is 0 Å². The highest BCUT2D eigenvalue weighted by molar-refractivity contribution is 7.81. The predicted molar refractivity (Wildman–Crippen MR) is 108 cm³/mol. The van der Waals surface area contributed by atoms with E-state index in [4.69, 9.17) is 12.2 Å². The lowest BCUT2D eigenvalue weighted by Crippen LogP contribution is -2.43. The highest BCUT2D eigenvalue weighted by Gasteiger charge is 2.33. The average Bonchev–Trinajstić information content (AvgIpc) is 2.67. The predicted octanol–water partition coefficient (Wildman–Crippen LogP) is 3.84. The van der Waals surface area contributed by atoms with E-state index in [1.54, 1.807) is 0 Å². The summed E-state index contributed by atoms with van der Waals surface area (Å²) >= 11 is 5.48. The van der Waals surface area contributed by atoms with Gasteiger partial charge in [0.2, 0.25) is 0 Å². The van der Waals surface area contributed by atoms with Crippen molar-refractivity contribution in [3.8, 4) is 0 Å². The van der Waals surface area contributed by atoms with Crippen LogP contribution >= 0.6 is 12.2 Å². The van der Waals surface area contributed by atoms with Crippen molar-refractivity contribution in [3.63, 3.8) is 0 Å². The number of para-hydroxylation sites is 1. The number of nitro groups is 1. The lowest BCUT2D eigenvalue weighted by molar-refractivity contribution is -0.418. The number of nitrogens with zero attached hydrogens (tertiary/aromatic N) is 3. The van der Waals surface area contributed by atoms with E-state index in [0.717, 1.165) is 57.5 Å². The van der Waals surface area contributed by atoms with Crippen LogP contribution in [0.4, 0.5) is 5.69 Å². The molecule has 2 heterocycles. The third-order valence-corrected chi connectivity index (χ3v) is 5.25. The maximum absolute atomic E-state index is 12.0. The van der Waals surface area contributed by atoms with Crippen LogP contribution in [0.15, 0.2) is 41.8 Å². The zero-order valence-electron chi connectivity index (χ0n) is 15.0.